The van der Waals surface area contributed by atoms with Crippen LogP contribution >= 0.6 is 34.4 Å². The van der Waals surface area contributed by atoms with E-state index in [0.717, 1.165) is 17.7 Å². The van der Waals surface area contributed by atoms with Gasteiger partial charge in [0.1, 0.15) is 13.6 Å². The van der Waals surface area contributed by atoms with E-state index in [4.69, 9.17) is 18.9 Å². The number of methoxy groups -OCH3 is 2. The minimum Gasteiger partial charge on any atom is -0.359 e. The van der Waals surface area contributed by atoms with Gasteiger partial charge in [-0.05, 0) is 31.2 Å². The van der Waals surface area contributed by atoms with E-state index in [9.17, 15) is 0 Å². The molecule has 0 saturated heterocycles. The van der Waals surface area contributed by atoms with Crippen LogP contribution in [0.3, 0.4) is 0 Å². The lowest BCUT2D eigenvalue weighted by Gasteiger charge is -2.06. The van der Waals surface area contributed by atoms with Crippen LogP contribution in [-0.4, -0.2) is 41.0 Å². The van der Waals surface area contributed by atoms with Crippen molar-refractivity contribution in [3.8, 4) is 0 Å². The first-order valence-electron chi connectivity index (χ1n) is 9.02. The van der Waals surface area contributed by atoms with Crippen LogP contribution in [-0.2, 0) is 31.8 Å². The summed E-state index contributed by atoms with van der Waals surface area (Å²) in [5.74, 6) is 0. The lowest BCUT2D eigenvalue weighted by atomic mass is 10.3. The zero-order valence-electron chi connectivity index (χ0n) is 16.7. The molecule has 7 heteroatoms. The van der Waals surface area contributed by atoms with Crippen molar-refractivity contribution >= 4 is 44.2 Å². The fourth-order valence-corrected chi connectivity index (χ4v) is 5.40. The Bertz CT molecular complexity index is 748. The molecule has 2 heterocycles. The van der Waals surface area contributed by atoms with Gasteiger partial charge in [0, 0.05) is 56.4 Å². The third-order valence-corrected chi connectivity index (χ3v) is 7.51. The summed E-state index contributed by atoms with van der Waals surface area (Å²) < 4.78 is 20.6. The molecule has 0 atom stereocenters. The minimum absolute atomic E-state index is 0.340. The van der Waals surface area contributed by atoms with Crippen LogP contribution < -0.4 is 0 Å². The Hall–Kier alpha value is -0.930. The molecule has 0 spiro atoms. The molecule has 2 rings (SSSR count). The summed E-state index contributed by atoms with van der Waals surface area (Å²) >= 11 is 5.31. The number of allylic oxidation sites excluding steroid dienone is 1. The maximum absolute atomic E-state index is 5.38. The monoisotopic (exact) mass is 440 g/mol. The summed E-state index contributed by atoms with van der Waals surface area (Å²) in [6, 6.07) is 8.65. The van der Waals surface area contributed by atoms with Gasteiger partial charge in [-0.2, -0.15) is 0 Å². The quantitative estimate of drug-likeness (QED) is 0.270. The third-order valence-electron chi connectivity index (χ3n) is 3.72. The molecule has 0 amide bonds. The fraction of sp³-hybridized carbons (Fsp3) is 0.429. The smallest absolute Gasteiger partial charge is 0.146 e. The van der Waals surface area contributed by atoms with Crippen LogP contribution in [0.2, 0.25) is 0 Å². The molecule has 4 nitrogen and oxygen atoms in total. The van der Waals surface area contributed by atoms with Gasteiger partial charge in [-0.15, -0.1) is 22.7 Å². The molecule has 2 aromatic rings. The van der Waals surface area contributed by atoms with Crippen LogP contribution in [0.5, 0.6) is 0 Å². The second-order valence-corrected chi connectivity index (χ2v) is 9.31. The first-order chi connectivity index (χ1) is 13.7. The average molecular weight is 441 g/mol. The molecule has 0 fully saturated rings. The van der Waals surface area contributed by atoms with E-state index < -0.39 is 0 Å². The number of rotatable bonds is 14. The van der Waals surface area contributed by atoms with Crippen LogP contribution in [0.4, 0.5) is 0 Å². The fourth-order valence-electron chi connectivity index (χ4n) is 2.37. The van der Waals surface area contributed by atoms with Gasteiger partial charge >= 0.3 is 0 Å². The molecule has 0 aliphatic heterocycles. The highest BCUT2D eigenvalue weighted by Crippen LogP contribution is 2.42. The summed E-state index contributed by atoms with van der Waals surface area (Å²) in [6.07, 6.45) is 3.94. The van der Waals surface area contributed by atoms with Crippen LogP contribution in [0.15, 0.2) is 36.9 Å². The molecule has 28 heavy (non-hydrogen) atoms. The number of ether oxygens (including phenoxy) is 4. The van der Waals surface area contributed by atoms with Gasteiger partial charge in [0.25, 0.3) is 0 Å². The van der Waals surface area contributed by atoms with Crippen molar-refractivity contribution in [3.63, 3.8) is 0 Å². The SMILES string of the molecule is C=C(S/C(=C\C)c1ccc(CCOCOC)s1)c1ccc(CCOCOC)s1. The number of hydrogen-bond donors (Lipinski definition) is 0. The Morgan fingerprint density at radius 2 is 1.46 bits per heavy atom. The van der Waals surface area contributed by atoms with E-state index in [1.807, 2.05) is 0 Å². The van der Waals surface area contributed by atoms with Crippen molar-refractivity contribution < 1.29 is 18.9 Å². The van der Waals surface area contributed by atoms with Crippen molar-refractivity contribution in [3.05, 3.63) is 56.4 Å². The van der Waals surface area contributed by atoms with E-state index in [1.165, 1.54) is 24.4 Å². The predicted octanol–water partition coefficient (Wildman–Crippen LogP) is 5.90. The maximum atomic E-state index is 5.38. The van der Waals surface area contributed by atoms with Crippen LogP contribution in [0, 0.1) is 0 Å². The Balaban J connectivity index is 1.88. The second kappa shape index (κ2) is 13.3. The van der Waals surface area contributed by atoms with Crippen molar-refractivity contribution in [1.29, 1.82) is 0 Å². The molecule has 0 radical (unpaired) electrons. The summed E-state index contributed by atoms with van der Waals surface area (Å²) in [7, 11) is 3.27. The van der Waals surface area contributed by atoms with Crippen molar-refractivity contribution in [1.82, 2.24) is 0 Å². The van der Waals surface area contributed by atoms with Gasteiger partial charge in [0.15, 0.2) is 0 Å². The van der Waals surface area contributed by atoms with E-state index in [-0.39, 0.29) is 0 Å². The third kappa shape index (κ3) is 7.83. The second-order valence-electron chi connectivity index (χ2n) is 5.84. The molecule has 0 aliphatic carbocycles. The Morgan fingerprint density at radius 3 is 2.00 bits per heavy atom. The molecule has 0 aliphatic rings. The lowest BCUT2D eigenvalue weighted by Crippen LogP contribution is -2.00. The molecular formula is C21H28O4S3. The molecule has 0 aromatic carbocycles. The van der Waals surface area contributed by atoms with Crippen LogP contribution in [0.25, 0.3) is 9.81 Å². The Morgan fingerprint density at radius 1 is 0.929 bits per heavy atom. The molecule has 2 aromatic heterocycles. The van der Waals surface area contributed by atoms with Crippen molar-refractivity contribution in [2.24, 2.45) is 0 Å². The minimum atomic E-state index is 0.340. The molecular weight excluding hydrogens is 412 g/mol. The maximum Gasteiger partial charge on any atom is 0.146 e. The molecule has 154 valence electrons. The number of thiophene rings is 2. The first-order valence-corrected chi connectivity index (χ1v) is 11.5. The van der Waals surface area contributed by atoms with E-state index in [2.05, 4.69) is 43.8 Å². The van der Waals surface area contributed by atoms with Gasteiger partial charge < -0.3 is 18.9 Å². The first kappa shape index (κ1) is 23.3. The summed E-state index contributed by atoms with van der Waals surface area (Å²) in [5, 5.41) is 0. The number of thioether (sulfide) groups is 1. The zero-order valence-corrected chi connectivity index (χ0v) is 19.1. The lowest BCUT2D eigenvalue weighted by molar-refractivity contribution is -0.0291. The Kier molecular flexibility index (Phi) is 11.1. The van der Waals surface area contributed by atoms with Crippen molar-refractivity contribution in [2.75, 3.05) is 41.0 Å². The summed E-state index contributed by atoms with van der Waals surface area (Å²) in [6.45, 7) is 8.38. The normalized spacial score (nSPS) is 11.9. The van der Waals surface area contributed by atoms with Gasteiger partial charge in [-0.3, -0.25) is 0 Å². The predicted molar refractivity (Wildman–Crippen MR) is 122 cm³/mol. The molecule has 0 unspecified atom stereocenters. The van der Waals surface area contributed by atoms with Gasteiger partial charge in [0.05, 0.1) is 13.2 Å². The van der Waals surface area contributed by atoms with E-state index in [0.29, 0.717) is 26.8 Å². The molecule has 0 bridgehead atoms. The highest BCUT2D eigenvalue weighted by atomic mass is 32.2. The largest absolute Gasteiger partial charge is 0.359 e. The molecule has 0 N–H and O–H groups in total. The summed E-state index contributed by atoms with van der Waals surface area (Å²) in [5.41, 5.74) is 0. The standard InChI is InChI=1S/C21H28O4S3/c1-5-19(21-9-7-18(28-21)11-13-25-15-23-4)26-16(2)20-8-6-17(27-20)10-12-24-14-22-3/h5-9H,2,10-15H2,1,3-4H3/b19-5-. The van der Waals surface area contributed by atoms with Crippen molar-refractivity contribution in [2.45, 2.75) is 19.8 Å². The highest BCUT2D eigenvalue weighted by molar-refractivity contribution is 8.16. The Labute approximate surface area is 180 Å². The van der Waals surface area contributed by atoms with Gasteiger partial charge in [0.2, 0.25) is 0 Å². The average Bonchev–Trinajstić information content (AvgIpc) is 3.36. The van der Waals surface area contributed by atoms with E-state index in [1.54, 1.807) is 48.7 Å². The van der Waals surface area contributed by atoms with Gasteiger partial charge in [-0.25, -0.2) is 0 Å². The van der Waals surface area contributed by atoms with Crippen LogP contribution in [0.1, 0.15) is 26.4 Å². The number of hydrogen-bond acceptors (Lipinski definition) is 7. The topological polar surface area (TPSA) is 36.9 Å². The van der Waals surface area contributed by atoms with E-state index >= 15 is 0 Å². The van der Waals surface area contributed by atoms with Gasteiger partial charge in [-0.1, -0.05) is 24.4 Å². The highest BCUT2D eigenvalue weighted by Gasteiger charge is 2.11. The molecule has 0 saturated carbocycles. The zero-order chi connectivity index (χ0) is 20.2. The summed E-state index contributed by atoms with van der Waals surface area (Å²) in [4.78, 5) is 7.38.